The number of carboxylic acid groups (broad SMARTS) is 1. The van der Waals surface area contributed by atoms with Crippen molar-refractivity contribution in [2.75, 3.05) is 13.1 Å². The monoisotopic (exact) mass is 299 g/mol. The van der Waals surface area contributed by atoms with E-state index in [1.807, 2.05) is 6.92 Å². The van der Waals surface area contributed by atoms with E-state index in [1.54, 1.807) is 13.8 Å². The van der Waals surface area contributed by atoms with Crippen LogP contribution in [0, 0.1) is 0 Å². The van der Waals surface area contributed by atoms with E-state index in [0.717, 1.165) is 0 Å². The maximum Gasteiger partial charge on any atom is 0.329 e. The second-order valence-electron chi connectivity index (χ2n) is 5.81. The second-order valence-corrected chi connectivity index (χ2v) is 5.81. The van der Waals surface area contributed by atoms with Gasteiger partial charge in [-0.3, -0.25) is 4.79 Å². The number of hydrogen-bond acceptors (Lipinski definition) is 3. The third kappa shape index (κ3) is 3.46. The minimum atomic E-state index is -1.16. The maximum atomic E-state index is 12.7. The third-order valence-corrected chi connectivity index (χ3v) is 3.98. The van der Waals surface area contributed by atoms with Crippen LogP contribution in [-0.2, 0) is 9.59 Å². The molecule has 0 radical (unpaired) electrons. The molecule has 21 heavy (non-hydrogen) atoms. The smallest absolute Gasteiger partial charge is 0.329 e. The van der Waals surface area contributed by atoms with Crippen LogP contribution in [-0.4, -0.2) is 57.5 Å². The highest BCUT2D eigenvalue weighted by Crippen LogP contribution is 2.35. The Morgan fingerprint density at radius 2 is 2.00 bits per heavy atom. The molecule has 1 fully saturated rings. The minimum Gasteiger partial charge on any atom is -0.479 e. The first-order valence-electron chi connectivity index (χ1n) is 7.36. The van der Waals surface area contributed by atoms with Crippen LogP contribution >= 0.6 is 0 Å². The Kier molecular flexibility index (Phi) is 5.57. The summed E-state index contributed by atoms with van der Waals surface area (Å²) in [6.07, 6.45) is 2.19. The molecule has 0 spiro atoms. The van der Waals surface area contributed by atoms with Gasteiger partial charge in [-0.1, -0.05) is 13.3 Å². The number of urea groups is 1. The van der Waals surface area contributed by atoms with Gasteiger partial charge in [-0.05, 0) is 33.1 Å². The largest absolute Gasteiger partial charge is 0.479 e. The van der Waals surface area contributed by atoms with Gasteiger partial charge in [0.25, 0.3) is 0 Å². The Balaban J connectivity index is 3.06. The summed E-state index contributed by atoms with van der Waals surface area (Å²) in [6.45, 7) is 5.65. The molecule has 0 aromatic rings. The summed E-state index contributed by atoms with van der Waals surface area (Å²) in [4.78, 5) is 38.3. The van der Waals surface area contributed by atoms with E-state index in [2.05, 4.69) is 0 Å². The van der Waals surface area contributed by atoms with Crippen molar-refractivity contribution in [1.82, 2.24) is 9.80 Å². The quantitative estimate of drug-likeness (QED) is 0.764. The first-order chi connectivity index (χ1) is 9.76. The van der Waals surface area contributed by atoms with E-state index in [0.29, 0.717) is 32.2 Å². The van der Waals surface area contributed by atoms with E-state index in [4.69, 9.17) is 5.73 Å². The maximum absolute atomic E-state index is 12.7. The van der Waals surface area contributed by atoms with Crippen molar-refractivity contribution >= 4 is 17.9 Å². The van der Waals surface area contributed by atoms with E-state index in [1.165, 1.54) is 9.80 Å². The van der Waals surface area contributed by atoms with Crippen molar-refractivity contribution in [3.63, 3.8) is 0 Å². The molecule has 0 bridgehead atoms. The Bertz CT molecular complexity index is 424. The van der Waals surface area contributed by atoms with Crippen molar-refractivity contribution in [3.05, 3.63) is 0 Å². The van der Waals surface area contributed by atoms with Crippen molar-refractivity contribution in [3.8, 4) is 0 Å². The van der Waals surface area contributed by atoms with Gasteiger partial charge in [0.2, 0.25) is 5.91 Å². The number of carbonyl (C=O) groups excluding carboxylic acids is 2. The van der Waals surface area contributed by atoms with Crippen LogP contribution in [0.4, 0.5) is 4.79 Å². The molecule has 7 nitrogen and oxygen atoms in total. The highest BCUT2D eigenvalue weighted by atomic mass is 16.4. The van der Waals surface area contributed by atoms with Crippen LogP contribution in [0.25, 0.3) is 0 Å². The van der Waals surface area contributed by atoms with E-state index >= 15 is 0 Å². The van der Waals surface area contributed by atoms with Gasteiger partial charge in [-0.2, -0.15) is 0 Å². The topological polar surface area (TPSA) is 104 Å². The summed E-state index contributed by atoms with van der Waals surface area (Å²) in [5.41, 5.74) is 4.03. The van der Waals surface area contributed by atoms with Gasteiger partial charge >= 0.3 is 12.0 Å². The summed E-state index contributed by atoms with van der Waals surface area (Å²) in [7, 11) is 0. The van der Waals surface area contributed by atoms with Crippen molar-refractivity contribution in [2.45, 2.75) is 58.0 Å². The summed E-state index contributed by atoms with van der Waals surface area (Å²) in [6, 6.07) is -0.643. The number of hydrogen-bond donors (Lipinski definition) is 2. The molecule has 1 atom stereocenters. The summed E-state index contributed by atoms with van der Waals surface area (Å²) >= 11 is 0. The summed E-state index contributed by atoms with van der Waals surface area (Å²) in [5.74, 6) is -1.58. The molecular formula is C14H25N3O4. The van der Waals surface area contributed by atoms with E-state index in [9.17, 15) is 19.5 Å². The predicted octanol–water partition coefficient (Wildman–Crippen LogP) is 1.02. The van der Waals surface area contributed by atoms with Crippen LogP contribution in [0.3, 0.4) is 0 Å². The first kappa shape index (κ1) is 17.3. The van der Waals surface area contributed by atoms with Gasteiger partial charge in [-0.15, -0.1) is 0 Å². The van der Waals surface area contributed by atoms with Crippen LogP contribution in [0.1, 0.15) is 46.5 Å². The molecule has 0 aromatic carbocycles. The molecule has 120 valence electrons. The van der Waals surface area contributed by atoms with E-state index in [-0.39, 0.29) is 12.6 Å². The zero-order chi connectivity index (χ0) is 16.2. The van der Waals surface area contributed by atoms with Gasteiger partial charge in [0.1, 0.15) is 12.1 Å². The molecule has 3 amide bonds. The lowest BCUT2D eigenvalue weighted by Gasteiger charge is -2.39. The Labute approximate surface area is 125 Å². The summed E-state index contributed by atoms with van der Waals surface area (Å²) < 4.78 is 0. The normalized spacial score (nSPS) is 21.6. The lowest BCUT2D eigenvalue weighted by atomic mass is 9.91. The second kappa shape index (κ2) is 6.78. The SMILES string of the molecule is CCCC1(C(=O)O)CCCN1C(=O)N(CC(N)=O)C(C)C. The van der Waals surface area contributed by atoms with Gasteiger partial charge in [-0.25, -0.2) is 9.59 Å². The first-order valence-corrected chi connectivity index (χ1v) is 7.36. The molecule has 1 aliphatic heterocycles. The molecule has 0 aliphatic carbocycles. The molecule has 1 unspecified atom stereocenters. The number of nitrogens with two attached hydrogens (primary N) is 1. The zero-order valence-corrected chi connectivity index (χ0v) is 13.0. The molecule has 0 aromatic heterocycles. The number of nitrogens with zero attached hydrogens (tertiary/aromatic N) is 2. The zero-order valence-electron chi connectivity index (χ0n) is 13.0. The standard InChI is InChI=1S/C14H25N3O4/c1-4-6-14(12(19)20)7-5-8-17(14)13(21)16(10(2)3)9-11(15)18/h10H,4-9H2,1-3H3,(H2,15,18)(H,19,20). The Hall–Kier alpha value is -1.79. The van der Waals surface area contributed by atoms with Crippen LogP contribution < -0.4 is 5.73 Å². The number of carboxylic acids is 1. The fourth-order valence-corrected chi connectivity index (χ4v) is 2.95. The number of likely N-dealkylation sites (tertiary alicyclic amines) is 1. The predicted molar refractivity (Wildman–Crippen MR) is 77.6 cm³/mol. The fraction of sp³-hybridized carbons (Fsp3) is 0.786. The minimum absolute atomic E-state index is 0.200. The fourth-order valence-electron chi connectivity index (χ4n) is 2.95. The third-order valence-electron chi connectivity index (χ3n) is 3.98. The average Bonchev–Trinajstić information content (AvgIpc) is 2.80. The lowest BCUT2D eigenvalue weighted by molar-refractivity contribution is -0.149. The van der Waals surface area contributed by atoms with Crippen molar-refractivity contribution in [1.29, 1.82) is 0 Å². The Morgan fingerprint density at radius 3 is 2.43 bits per heavy atom. The number of primary amides is 1. The van der Waals surface area contributed by atoms with Gasteiger partial charge in [0.15, 0.2) is 0 Å². The average molecular weight is 299 g/mol. The molecule has 1 aliphatic rings. The number of carbonyl (C=O) groups is 3. The number of amides is 3. The van der Waals surface area contributed by atoms with Crippen LogP contribution in [0.2, 0.25) is 0 Å². The number of aliphatic carboxylic acids is 1. The van der Waals surface area contributed by atoms with Crippen LogP contribution in [0.5, 0.6) is 0 Å². The van der Waals surface area contributed by atoms with Gasteiger partial charge in [0, 0.05) is 12.6 Å². The lowest BCUT2D eigenvalue weighted by Crippen LogP contribution is -2.58. The molecule has 1 rings (SSSR count). The van der Waals surface area contributed by atoms with E-state index < -0.39 is 23.4 Å². The number of rotatable bonds is 6. The highest BCUT2D eigenvalue weighted by Gasteiger charge is 2.50. The molecule has 0 saturated carbocycles. The van der Waals surface area contributed by atoms with Crippen molar-refractivity contribution < 1.29 is 19.5 Å². The van der Waals surface area contributed by atoms with Gasteiger partial charge in [0.05, 0.1) is 0 Å². The van der Waals surface area contributed by atoms with Crippen LogP contribution in [0.15, 0.2) is 0 Å². The van der Waals surface area contributed by atoms with Gasteiger partial charge < -0.3 is 20.6 Å². The molecule has 1 heterocycles. The molecule has 7 heteroatoms. The Morgan fingerprint density at radius 1 is 1.38 bits per heavy atom. The molecule has 3 N–H and O–H groups in total. The molecule has 1 saturated heterocycles. The summed E-state index contributed by atoms with van der Waals surface area (Å²) in [5, 5.41) is 9.61. The van der Waals surface area contributed by atoms with Crippen molar-refractivity contribution in [2.24, 2.45) is 5.73 Å². The molecular weight excluding hydrogens is 274 g/mol. The highest BCUT2D eigenvalue weighted by molar-refractivity contribution is 5.89.